The highest BCUT2D eigenvalue weighted by Crippen LogP contribution is 2.16. The van der Waals surface area contributed by atoms with Crippen molar-refractivity contribution in [2.24, 2.45) is 0 Å². The molecule has 0 bridgehead atoms. The van der Waals surface area contributed by atoms with Crippen LogP contribution in [0.1, 0.15) is 23.4 Å². The van der Waals surface area contributed by atoms with Gasteiger partial charge in [-0.3, -0.25) is 9.69 Å². The van der Waals surface area contributed by atoms with Crippen molar-refractivity contribution < 1.29 is 27.2 Å². The van der Waals surface area contributed by atoms with Crippen molar-refractivity contribution in [1.29, 1.82) is 0 Å². The first-order valence-corrected chi connectivity index (χ1v) is 8.32. The fraction of sp³-hybridized carbons (Fsp3) is 0.750. The number of alkyl halides is 3. The summed E-state index contributed by atoms with van der Waals surface area (Å²) >= 11 is 0. The van der Waals surface area contributed by atoms with Gasteiger partial charge >= 0.3 is 6.18 Å². The number of nitrogens with zero attached hydrogens (tertiary/aromatic N) is 3. The third-order valence-corrected chi connectivity index (χ3v) is 4.26. The van der Waals surface area contributed by atoms with E-state index in [9.17, 15) is 18.0 Å². The molecule has 2 heterocycles. The van der Waals surface area contributed by atoms with Crippen molar-refractivity contribution >= 4 is 5.91 Å². The first-order valence-electron chi connectivity index (χ1n) is 8.32. The Morgan fingerprint density at radius 2 is 1.92 bits per heavy atom. The molecule has 1 saturated heterocycles. The summed E-state index contributed by atoms with van der Waals surface area (Å²) in [5.41, 5.74) is 1.58. The minimum atomic E-state index is -4.27. The molecule has 2 rings (SSSR count). The van der Waals surface area contributed by atoms with Gasteiger partial charge in [-0.05, 0) is 20.3 Å². The monoisotopic (exact) mass is 363 g/mol. The molecule has 1 aliphatic rings. The number of aryl methyl sites for hydroxylation is 2. The molecule has 142 valence electrons. The molecule has 0 aliphatic carbocycles. The van der Waals surface area contributed by atoms with Crippen molar-refractivity contribution in [3.05, 3.63) is 17.0 Å². The average molecular weight is 363 g/mol. The van der Waals surface area contributed by atoms with Gasteiger partial charge in [0.25, 0.3) is 0 Å². The van der Waals surface area contributed by atoms with E-state index in [1.165, 1.54) is 0 Å². The molecule has 1 aliphatic heterocycles. The topological polar surface area (TPSA) is 58.8 Å². The Bertz CT molecular complexity index is 547. The van der Waals surface area contributed by atoms with Gasteiger partial charge in [0.05, 0.1) is 12.1 Å². The predicted molar refractivity (Wildman–Crippen MR) is 84.2 cm³/mol. The second-order valence-electron chi connectivity index (χ2n) is 6.22. The van der Waals surface area contributed by atoms with E-state index in [1.807, 2.05) is 11.8 Å². The molecule has 1 amide bonds. The zero-order valence-corrected chi connectivity index (χ0v) is 14.6. The summed E-state index contributed by atoms with van der Waals surface area (Å²) in [5.74, 6) is 0.714. The van der Waals surface area contributed by atoms with E-state index < -0.39 is 12.8 Å². The summed E-state index contributed by atoms with van der Waals surface area (Å²) in [6.45, 7) is 5.83. The summed E-state index contributed by atoms with van der Waals surface area (Å²) in [5, 5.41) is 3.85. The SMILES string of the molecule is Cc1noc(C)c1CC(=O)N1CCN(CCCOCC(F)(F)F)CC1. The van der Waals surface area contributed by atoms with Crippen LogP contribution in [0.25, 0.3) is 0 Å². The molecular formula is C16H24F3N3O3. The van der Waals surface area contributed by atoms with Gasteiger partial charge in [-0.1, -0.05) is 5.16 Å². The number of carbonyl (C=O) groups excluding carboxylic acids is 1. The van der Waals surface area contributed by atoms with Crippen LogP contribution >= 0.6 is 0 Å². The van der Waals surface area contributed by atoms with E-state index in [0.717, 1.165) is 11.3 Å². The molecule has 1 fully saturated rings. The van der Waals surface area contributed by atoms with Crippen LogP contribution in [0.5, 0.6) is 0 Å². The molecule has 0 aromatic carbocycles. The molecule has 0 saturated carbocycles. The van der Waals surface area contributed by atoms with Crippen LogP contribution in [0.3, 0.4) is 0 Å². The molecule has 0 spiro atoms. The number of carbonyl (C=O) groups is 1. The Hall–Kier alpha value is -1.61. The number of piperazine rings is 1. The second kappa shape index (κ2) is 8.66. The van der Waals surface area contributed by atoms with E-state index in [2.05, 4.69) is 14.8 Å². The summed E-state index contributed by atoms with van der Waals surface area (Å²) < 4.78 is 45.5. The number of halogens is 3. The number of amides is 1. The maximum absolute atomic E-state index is 12.4. The minimum Gasteiger partial charge on any atom is -0.372 e. The Labute approximate surface area is 144 Å². The van der Waals surface area contributed by atoms with Gasteiger partial charge in [-0.2, -0.15) is 13.2 Å². The van der Waals surface area contributed by atoms with Gasteiger partial charge in [-0.25, -0.2) is 0 Å². The summed E-state index contributed by atoms with van der Waals surface area (Å²) in [7, 11) is 0. The lowest BCUT2D eigenvalue weighted by molar-refractivity contribution is -0.174. The number of hydrogen-bond acceptors (Lipinski definition) is 5. The summed E-state index contributed by atoms with van der Waals surface area (Å²) in [6, 6.07) is 0. The highest BCUT2D eigenvalue weighted by atomic mass is 19.4. The third kappa shape index (κ3) is 6.32. The Kier molecular flexibility index (Phi) is 6.83. The molecule has 1 aromatic rings. The molecule has 9 heteroatoms. The van der Waals surface area contributed by atoms with E-state index in [1.54, 1.807) is 6.92 Å². The van der Waals surface area contributed by atoms with Crippen molar-refractivity contribution in [3.8, 4) is 0 Å². The van der Waals surface area contributed by atoms with E-state index >= 15 is 0 Å². The van der Waals surface area contributed by atoms with Crippen LogP contribution in [0.4, 0.5) is 13.2 Å². The van der Waals surface area contributed by atoms with Gasteiger partial charge in [-0.15, -0.1) is 0 Å². The van der Waals surface area contributed by atoms with Gasteiger partial charge in [0.15, 0.2) is 0 Å². The van der Waals surface area contributed by atoms with Gasteiger partial charge in [0.2, 0.25) is 5.91 Å². The Balaban J connectivity index is 1.65. The van der Waals surface area contributed by atoms with Gasteiger partial charge < -0.3 is 14.2 Å². The normalized spacial score (nSPS) is 16.4. The molecule has 0 atom stereocenters. The first kappa shape index (κ1) is 19.7. The summed E-state index contributed by atoms with van der Waals surface area (Å²) in [4.78, 5) is 16.3. The zero-order chi connectivity index (χ0) is 18.4. The Morgan fingerprint density at radius 3 is 2.48 bits per heavy atom. The fourth-order valence-electron chi connectivity index (χ4n) is 2.82. The number of ether oxygens (including phenoxy) is 1. The lowest BCUT2D eigenvalue weighted by Gasteiger charge is -2.34. The maximum atomic E-state index is 12.4. The summed E-state index contributed by atoms with van der Waals surface area (Å²) in [6.07, 6.45) is -3.44. The number of hydrogen-bond donors (Lipinski definition) is 0. The maximum Gasteiger partial charge on any atom is 0.411 e. The molecule has 0 N–H and O–H groups in total. The van der Waals surface area contributed by atoms with Gasteiger partial charge in [0.1, 0.15) is 12.4 Å². The van der Waals surface area contributed by atoms with Crippen LogP contribution in [-0.2, 0) is 16.0 Å². The van der Waals surface area contributed by atoms with Crippen LogP contribution in [0.2, 0.25) is 0 Å². The molecular weight excluding hydrogens is 339 g/mol. The van der Waals surface area contributed by atoms with Crippen molar-refractivity contribution in [2.45, 2.75) is 32.9 Å². The number of rotatable bonds is 7. The zero-order valence-electron chi connectivity index (χ0n) is 14.6. The third-order valence-electron chi connectivity index (χ3n) is 4.26. The molecule has 6 nitrogen and oxygen atoms in total. The van der Waals surface area contributed by atoms with Gasteiger partial charge in [0, 0.05) is 44.9 Å². The van der Waals surface area contributed by atoms with E-state index in [4.69, 9.17) is 4.52 Å². The molecule has 25 heavy (non-hydrogen) atoms. The van der Waals surface area contributed by atoms with Crippen molar-refractivity contribution in [3.63, 3.8) is 0 Å². The minimum absolute atomic E-state index is 0.0440. The van der Waals surface area contributed by atoms with Crippen LogP contribution in [-0.4, -0.2) is 73.0 Å². The van der Waals surface area contributed by atoms with Crippen molar-refractivity contribution in [2.75, 3.05) is 45.9 Å². The first-order chi connectivity index (χ1) is 11.8. The quantitative estimate of drug-likeness (QED) is 0.693. The number of aromatic nitrogens is 1. The van der Waals surface area contributed by atoms with E-state index in [-0.39, 0.29) is 18.9 Å². The standard InChI is InChI=1S/C16H24F3N3O3/c1-12-14(13(2)25-20-12)10-15(23)22-7-5-21(6-8-22)4-3-9-24-11-16(17,18)19/h3-11H2,1-2H3. The molecule has 0 radical (unpaired) electrons. The van der Waals surface area contributed by atoms with E-state index in [0.29, 0.717) is 44.9 Å². The smallest absolute Gasteiger partial charge is 0.372 e. The second-order valence-corrected chi connectivity index (χ2v) is 6.22. The molecule has 0 unspecified atom stereocenters. The Morgan fingerprint density at radius 1 is 1.24 bits per heavy atom. The highest BCUT2D eigenvalue weighted by Gasteiger charge is 2.27. The molecule has 1 aromatic heterocycles. The average Bonchev–Trinajstić information content (AvgIpc) is 2.86. The largest absolute Gasteiger partial charge is 0.411 e. The van der Waals surface area contributed by atoms with Crippen molar-refractivity contribution in [1.82, 2.24) is 15.0 Å². The lowest BCUT2D eigenvalue weighted by Crippen LogP contribution is -2.49. The van der Waals surface area contributed by atoms with Crippen LogP contribution < -0.4 is 0 Å². The van der Waals surface area contributed by atoms with Crippen LogP contribution in [0.15, 0.2) is 4.52 Å². The lowest BCUT2D eigenvalue weighted by atomic mass is 10.1. The highest BCUT2D eigenvalue weighted by molar-refractivity contribution is 5.79. The van der Waals surface area contributed by atoms with Crippen LogP contribution in [0, 0.1) is 13.8 Å². The predicted octanol–water partition coefficient (Wildman–Crippen LogP) is 1.95. The fourth-order valence-corrected chi connectivity index (χ4v) is 2.82.